The van der Waals surface area contributed by atoms with E-state index in [1.165, 1.54) is 35.6 Å². The summed E-state index contributed by atoms with van der Waals surface area (Å²) in [5.41, 5.74) is 1.91. The van der Waals surface area contributed by atoms with Crippen LogP contribution in [0.4, 0.5) is 5.13 Å². The lowest BCUT2D eigenvalue weighted by Crippen LogP contribution is -2.24. The molecule has 0 spiro atoms. The fourth-order valence-electron chi connectivity index (χ4n) is 2.27. The summed E-state index contributed by atoms with van der Waals surface area (Å²) in [5.74, 6) is 1.76. The van der Waals surface area contributed by atoms with Crippen molar-refractivity contribution in [2.75, 3.05) is 11.9 Å². The predicted octanol–water partition coefficient (Wildman–Crippen LogP) is 2.97. The standard InChI is InChI=1S/C19H15N3O3S2/c1-2-11-20-27(24,25)16-10-6-9-15(12-16)18(23)22-19-21-17(13-26-19)14-7-4-3-5-8-14/h1,3-10,12-13,20H,11H2,(H,21,22,23). The third-order valence-electron chi connectivity index (χ3n) is 3.56. The summed E-state index contributed by atoms with van der Waals surface area (Å²) < 4.78 is 26.5. The molecule has 3 rings (SSSR count). The van der Waals surface area contributed by atoms with E-state index in [4.69, 9.17) is 6.42 Å². The molecule has 0 fully saturated rings. The number of terminal acetylenes is 1. The van der Waals surface area contributed by atoms with E-state index < -0.39 is 15.9 Å². The monoisotopic (exact) mass is 397 g/mol. The summed E-state index contributed by atoms with van der Waals surface area (Å²) in [6.07, 6.45) is 5.07. The van der Waals surface area contributed by atoms with E-state index in [1.807, 2.05) is 35.7 Å². The molecule has 0 saturated heterocycles. The molecule has 0 bridgehead atoms. The van der Waals surface area contributed by atoms with E-state index in [1.54, 1.807) is 0 Å². The number of sulfonamides is 1. The molecular weight excluding hydrogens is 382 g/mol. The molecule has 0 aliphatic rings. The van der Waals surface area contributed by atoms with Crippen LogP contribution in [-0.2, 0) is 10.0 Å². The first-order valence-corrected chi connectivity index (χ1v) is 10.2. The Labute approximate surface area is 161 Å². The Morgan fingerprint density at radius 1 is 1.15 bits per heavy atom. The van der Waals surface area contributed by atoms with Crippen molar-refractivity contribution < 1.29 is 13.2 Å². The van der Waals surface area contributed by atoms with E-state index >= 15 is 0 Å². The van der Waals surface area contributed by atoms with Gasteiger partial charge in [-0.05, 0) is 18.2 Å². The van der Waals surface area contributed by atoms with Crippen LogP contribution in [0.25, 0.3) is 11.3 Å². The number of thiazole rings is 1. The number of nitrogens with zero attached hydrogens (tertiary/aromatic N) is 1. The first-order chi connectivity index (χ1) is 13.0. The van der Waals surface area contributed by atoms with Crippen LogP contribution in [0.15, 0.2) is 64.9 Å². The minimum Gasteiger partial charge on any atom is -0.298 e. The first kappa shape index (κ1) is 18.8. The Balaban J connectivity index is 1.77. The molecule has 2 aromatic carbocycles. The highest BCUT2D eigenvalue weighted by Gasteiger charge is 2.16. The minimum atomic E-state index is -3.77. The molecule has 0 aliphatic heterocycles. The lowest BCUT2D eigenvalue weighted by molar-refractivity contribution is 0.102. The Morgan fingerprint density at radius 3 is 2.67 bits per heavy atom. The van der Waals surface area contributed by atoms with Gasteiger partial charge in [-0.1, -0.05) is 42.3 Å². The van der Waals surface area contributed by atoms with E-state index in [2.05, 4.69) is 20.9 Å². The molecule has 0 aliphatic carbocycles. The Bertz CT molecular complexity index is 1100. The number of anilines is 1. The quantitative estimate of drug-likeness (QED) is 0.626. The van der Waals surface area contributed by atoms with Crippen LogP contribution in [-0.4, -0.2) is 25.9 Å². The number of amides is 1. The summed E-state index contributed by atoms with van der Waals surface area (Å²) in [6, 6.07) is 15.3. The Morgan fingerprint density at radius 2 is 1.93 bits per heavy atom. The second-order valence-corrected chi connectivity index (χ2v) is 8.04. The summed E-state index contributed by atoms with van der Waals surface area (Å²) in [5, 5.41) is 4.96. The van der Waals surface area contributed by atoms with Crippen LogP contribution in [0, 0.1) is 12.3 Å². The van der Waals surface area contributed by atoms with Crippen molar-refractivity contribution in [1.82, 2.24) is 9.71 Å². The van der Waals surface area contributed by atoms with Crippen molar-refractivity contribution in [2.45, 2.75) is 4.90 Å². The predicted molar refractivity (Wildman–Crippen MR) is 106 cm³/mol. The van der Waals surface area contributed by atoms with Crippen molar-refractivity contribution in [1.29, 1.82) is 0 Å². The van der Waals surface area contributed by atoms with Gasteiger partial charge < -0.3 is 0 Å². The van der Waals surface area contributed by atoms with Crippen LogP contribution < -0.4 is 10.0 Å². The number of hydrogen-bond acceptors (Lipinski definition) is 5. The van der Waals surface area contributed by atoms with Crippen molar-refractivity contribution in [2.24, 2.45) is 0 Å². The SMILES string of the molecule is C#CCNS(=O)(=O)c1cccc(C(=O)Nc2nc(-c3ccccc3)cs2)c1. The van der Waals surface area contributed by atoms with Gasteiger partial charge in [0, 0.05) is 16.5 Å². The van der Waals surface area contributed by atoms with E-state index in [-0.39, 0.29) is 17.0 Å². The minimum absolute atomic E-state index is 0.0329. The van der Waals surface area contributed by atoms with Gasteiger partial charge in [-0.3, -0.25) is 10.1 Å². The second-order valence-electron chi connectivity index (χ2n) is 5.41. The maximum atomic E-state index is 12.5. The van der Waals surface area contributed by atoms with Crippen molar-refractivity contribution in [3.8, 4) is 23.6 Å². The largest absolute Gasteiger partial charge is 0.298 e. The van der Waals surface area contributed by atoms with E-state index in [9.17, 15) is 13.2 Å². The summed E-state index contributed by atoms with van der Waals surface area (Å²) in [6.45, 7) is -0.125. The summed E-state index contributed by atoms with van der Waals surface area (Å²) in [7, 11) is -3.77. The van der Waals surface area contributed by atoms with Crippen LogP contribution >= 0.6 is 11.3 Å². The second kappa shape index (κ2) is 8.14. The molecule has 27 heavy (non-hydrogen) atoms. The Hall–Kier alpha value is -2.99. The molecule has 0 unspecified atom stereocenters. The summed E-state index contributed by atoms with van der Waals surface area (Å²) >= 11 is 1.29. The van der Waals surface area contributed by atoms with Crippen molar-refractivity contribution in [3.63, 3.8) is 0 Å². The highest BCUT2D eigenvalue weighted by molar-refractivity contribution is 7.89. The fourth-order valence-corrected chi connectivity index (χ4v) is 3.96. The zero-order chi connectivity index (χ0) is 19.3. The molecule has 6 nitrogen and oxygen atoms in total. The average Bonchev–Trinajstić information content (AvgIpc) is 3.16. The smallest absolute Gasteiger partial charge is 0.257 e. The fraction of sp³-hybridized carbons (Fsp3) is 0.0526. The zero-order valence-corrected chi connectivity index (χ0v) is 15.7. The maximum absolute atomic E-state index is 12.5. The molecule has 8 heteroatoms. The van der Waals surface area contributed by atoms with Gasteiger partial charge >= 0.3 is 0 Å². The molecule has 0 radical (unpaired) electrons. The molecule has 1 amide bonds. The van der Waals surface area contributed by atoms with Gasteiger partial charge in [0.25, 0.3) is 5.91 Å². The molecular formula is C19H15N3O3S2. The lowest BCUT2D eigenvalue weighted by Gasteiger charge is -2.06. The maximum Gasteiger partial charge on any atom is 0.257 e. The number of hydrogen-bond donors (Lipinski definition) is 2. The molecule has 0 atom stereocenters. The average molecular weight is 397 g/mol. The Kier molecular flexibility index (Phi) is 5.66. The van der Waals surface area contributed by atoms with Crippen molar-refractivity contribution in [3.05, 3.63) is 65.5 Å². The highest BCUT2D eigenvalue weighted by Crippen LogP contribution is 2.25. The van der Waals surface area contributed by atoms with Gasteiger partial charge in [-0.25, -0.2) is 13.4 Å². The molecule has 1 aromatic heterocycles. The third kappa shape index (κ3) is 4.60. The molecule has 136 valence electrons. The van der Waals surface area contributed by atoms with Crippen LogP contribution in [0.2, 0.25) is 0 Å². The van der Waals surface area contributed by atoms with Crippen LogP contribution in [0.1, 0.15) is 10.4 Å². The number of carbonyl (C=O) groups excluding carboxylic acids is 1. The molecule has 1 heterocycles. The van der Waals surface area contributed by atoms with Gasteiger partial charge in [0.2, 0.25) is 10.0 Å². The van der Waals surface area contributed by atoms with Gasteiger partial charge in [0.15, 0.2) is 5.13 Å². The molecule has 0 saturated carbocycles. The number of carbonyl (C=O) groups is 1. The van der Waals surface area contributed by atoms with Gasteiger partial charge in [-0.15, -0.1) is 17.8 Å². The third-order valence-corrected chi connectivity index (χ3v) is 5.72. The topological polar surface area (TPSA) is 88.2 Å². The highest BCUT2D eigenvalue weighted by atomic mass is 32.2. The number of aromatic nitrogens is 1. The van der Waals surface area contributed by atoms with E-state index in [0.717, 1.165) is 11.3 Å². The van der Waals surface area contributed by atoms with Crippen LogP contribution in [0.3, 0.4) is 0 Å². The van der Waals surface area contributed by atoms with E-state index in [0.29, 0.717) is 5.13 Å². The number of rotatable bonds is 6. The first-order valence-electron chi connectivity index (χ1n) is 7.85. The summed E-state index contributed by atoms with van der Waals surface area (Å²) in [4.78, 5) is 16.8. The van der Waals surface area contributed by atoms with Crippen LogP contribution in [0.5, 0.6) is 0 Å². The molecule has 3 aromatic rings. The van der Waals surface area contributed by atoms with Gasteiger partial charge in [0.1, 0.15) is 0 Å². The van der Waals surface area contributed by atoms with Gasteiger partial charge in [0.05, 0.1) is 17.1 Å². The number of benzene rings is 2. The van der Waals surface area contributed by atoms with Crippen molar-refractivity contribution >= 4 is 32.4 Å². The number of nitrogens with one attached hydrogen (secondary N) is 2. The lowest BCUT2D eigenvalue weighted by atomic mass is 10.2. The zero-order valence-electron chi connectivity index (χ0n) is 14.0. The normalized spacial score (nSPS) is 10.9. The molecule has 2 N–H and O–H groups in total. The van der Waals surface area contributed by atoms with Gasteiger partial charge in [-0.2, -0.15) is 4.72 Å².